The van der Waals surface area contributed by atoms with Gasteiger partial charge in [-0.15, -0.1) is 0 Å². The Morgan fingerprint density at radius 3 is 2.85 bits per heavy atom. The summed E-state index contributed by atoms with van der Waals surface area (Å²) in [7, 11) is 0. The van der Waals surface area contributed by atoms with Crippen LogP contribution in [-0.4, -0.2) is 19.7 Å². The highest BCUT2D eigenvalue weighted by Crippen LogP contribution is 2.17. The second-order valence-corrected chi connectivity index (χ2v) is 3.38. The molecule has 0 N–H and O–H groups in total. The van der Waals surface area contributed by atoms with Crippen molar-refractivity contribution in [2.24, 2.45) is 0 Å². The van der Waals surface area contributed by atoms with Crippen molar-refractivity contribution in [1.29, 1.82) is 0 Å². The molecule has 0 aromatic carbocycles. The Morgan fingerprint density at radius 1 is 1.38 bits per heavy atom. The van der Waals surface area contributed by atoms with Crippen molar-refractivity contribution in [2.45, 2.75) is 26.8 Å². The van der Waals surface area contributed by atoms with Gasteiger partial charge in [-0.05, 0) is 20.8 Å². The monoisotopic (exact) mass is 176 g/mol. The second-order valence-electron chi connectivity index (χ2n) is 3.38. The van der Waals surface area contributed by atoms with Crippen molar-refractivity contribution in [1.82, 2.24) is 19.7 Å². The predicted octanol–water partition coefficient (Wildman–Crippen LogP) is 1.72. The topological polar surface area (TPSA) is 43.6 Å². The van der Waals surface area contributed by atoms with Gasteiger partial charge in [0, 0.05) is 12.2 Å². The Balaban J connectivity index is 2.78. The summed E-state index contributed by atoms with van der Waals surface area (Å²) in [5.74, 6) is 0. The summed E-state index contributed by atoms with van der Waals surface area (Å²) in [6.07, 6.45) is 3.37. The fourth-order valence-corrected chi connectivity index (χ4v) is 1.38. The van der Waals surface area contributed by atoms with Crippen molar-refractivity contribution in [3.8, 4) is 0 Å². The molecule has 0 atom stereocenters. The highest BCUT2D eigenvalue weighted by molar-refractivity contribution is 5.76. The Kier molecular flexibility index (Phi) is 1.76. The van der Waals surface area contributed by atoms with Crippen molar-refractivity contribution >= 4 is 11.0 Å². The van der Waals surface area contributed by atoms with Crippen LogP contribution in [0.5, 0.6) is 0 Å². The van der Waals surface area contributed by atoms with Crippen LogP contribution in [0.2, 0.25) is 0 Å². The van der Waals surface area contributed by atoms with Crippen molar-refractivity contribution in [3.63, 3.8) is 0 Å². The van der Waals surface area contributed by atoms with Gasteiger partial charge in [0.15, 0.2) is 5.65 Å². The maximum absolute atomic E-state index is 4.40. The number of rotatable bonds is 1. The van der Waals surface area contributed by atoms with Crippen LogP contribution in [0.25, 0.3) is 11.0 Å². The Morgan fingerprint density at radius 2 is 2.15 bits per heavy atom. The number of hydrogen-bond acceptors (Lipinski definition) is 3. The molecule has 0 aliphatic rings. The summed E-state index contributed by atoms with van der Waals surface area (Å²) in [6.45, 7) is 6.16. The zero-order valence-corrected chi connectivity index (χ0v) is 8.02. The van der Waals surface area contributed by atoms with Crippen LogP contribution in [0.4, 0.5) is 0 Å². The van der Waals surface area contributed by atoms with Crippen LogP contribution in [0.1, 0.15) is 25.6 Å². The minimum Gasteiger partial charge on any atom is -0.244 e. The van der Waals surface area contributed by atoms with Gasteiger partial charge in [-0.25, -0.2) is 14.6 Å². The average Bonchev–Trinajstić information content (AvgIpc) is 2.45. The van der Waals surface area contributed by atoms with Gasteiger partial charge in [-0.1, -0.05) is 0 Å². The minimum atomic E-state index is 0.339. The third kappa shape index (κ3) is 1.18. The van der Waals surface area contributed by atoms with E-state index in [9.17, 15) is 0 Å². The zero-order valence-electron chi connectivity index (χ0n) is 8.02. The van der Waals surface area contributed by atoms with Crippen molar-refractivity contribution < 1.29 is 0 Å². The summed E-state index contributed by atoms with van der Waals surface area (Å²) in [5, 5.41) is 5.44. The van der Waals surface area contributed by atoms with Gasteiger partial charge in [0.05, 0.1) is 11.1 Å². The maximum atomic E-state index is 4.40. The van der Waals surface area contributed by atoms with E-state index in [1.54, 1.807) is 6.33 Å². The van der Waals surface area contributed by atoms with Gasteiger partial charge < -0.3 is 0 Å². The molecule has 0 amide bonds. The highest BCUT2D eigenvalue weighted by Gasteiger charge is 2.09. The zero-order chi connectivity index (χ0) is 9.42. The lowest BCUT2D eigenvalue weighted by Crippen LogP contribution is -2.03. The van der Waals surface area contributed by atoms with E-state index >= 15 is 0 Å². The lowest BCUT2D eigenvalue weighted by Gasteiger charge is -2.04. The first kappa shape index (κ1) is 8.16. The lowest BCUT2D eigenvalue weighted by atomic mass is 10.3. The van der Waals surface area contributed by atoms with E-state index in [-0.39, 0.29) is 0 Å². The molecule has 2 heterocycles. The van der Waals surface area contributed by atoms with Gasteiger partial charge >= 0.3 is 0 Å². The molecule has 0 fully saturated rings. The first-order valence-electron chi connectivity index (χ1n) is 4.35. The fourth-order valence-electron chi connectivity index (χ4n) is 1.38. The molecule has 0 bridgehead atoms. The molecular weight excluding hydrogens is 164 g/mol. The molecular formula is C9H12N4. The molecule has 2 aromatic heterocycles. The predicted molar refractivity (Wildman–Crippen MR) is 50.4 cm³/mol. The molecule has 4 nitrogen and oxygen atoms in total. The fraction of sp³-hybridized carbons (Fsp3) is 0.444. The standard InChI is InChI=1S/C9H12N4/c1-6(2)13-9-8(7(3)12-13)4-10-5-11-9/h4-6H,1-3H3. The Labute approximate surface area is 76.6 Å². The largest absolute Gasteiger partial charge is 0.244 e. The normalized spacial score (nSPS) is 11.4. The van der Waals surface area contributed by atoms with Crippen molar-refractivity contribution in [3.05, 3.63) is 18.2 Å². The second kappa shape index (κ2) is 2.80. The lowest BCUT2D eigenvalue weighted by molar-refractivity contribution is 0.542. The summed E-state index contributed by atoms with van der Waals surface area (Å²) in [4.78, 5) is 8.19. The molecule has 0 spiro atoms. The molecule has 0 aliphatic carbocycles. The van der Waals surface area contributed by atoms with Crippen LogP contribution >= 0.6 is 0 Å². The summed E-state index contributed by atoms with van der Waals surface area (Å²) in [5.41, 5.74) is 1.91. The molecule has 0 saturated heterocycles. The summed E-state index contributed by atoms with van der Waals surface area (Å²) >= 11 is 0. The van der Waals surface area contributed by atoms with Crippen LogP contribution in [-0.2, 0) is 0 Å². The van der Waals surface area contributed by atoms with E-state index in [1.165, 1.54) is 0 Å². The maximum Gasteiger partial charge on any atom is 0.161 e. The van der Waals surface area contributed by atoms with Crippen LogP contribution in [0, 0.1) is 6.92 Å². The molecule has 68 valence electrons. The van der Waals surface area contributed by atoms with Crippen LogP contribution < -0.4 is 0 Å². The number of nitrogens with zero attached hydrogens (tertiary/aromatic N) is 4. The molecule has 2 aromatic rings. The quantitative estimate of drug-likeness (QED) is 0.664. The molecule has 0 unspecified atom stereocenters. The van der Waals surface area contributed by atoms with Gasteiger partial charge in [-0.2, -0.15) is 5.10 Å². The highest BCUT2D eigenvalue weighted by atomic mass is 15.3. The van der Waals surface area contributed by atoms with Crippen LogP contribution in [0.15, 0.2) is 12.5 Å². The van der Waals surface area contributed by atoms with E-state index in [0.29, 0.717) is 6.04 Å². The SMILES string of the molecule is Cc1nn(C(C)C)c2ncncc12. The van der Waals surface area contributed by atoms with Crippen molar-refractivity contribution in [2.75, 3.05) is 0 Å². The number of fused-ring (bicyclic) bond motifs is 1. The molecule has 4 heteroatoms. The van der Waals surface area contributed by atoms with Crippen LogP contribution in [0.3, 0.4) is 0 Å². The van der Waals surface area contributed by atoms with E-state index in [1.807, 2.05) is 17.8 Å². The third-order valence-corrected chi connectivity index (χ3v) is 2.04. The molecule has 0 saturated carbocycles. The van der Waals surface area contributed by atoms with E-state index < -0.39 is 0 Å². The van der Waals surface area contributed by atoms with E-state index in [0.717, 1.165) is 16.7 Å². The van der Waals surface area contributed by atoms with Gasteiger partial charge in [0.25, 0.3) is 0 Å². The number of hydrogen-bond donors (Lipinski definition) is 0. The Hall–Kier alpha value is -1.45. The molecule has 0 radical (unpaired) electrons. The number of aromatic nitrogens is 4. The Bertz CT molecular complexity index is 430. The third-order valence-electron chi connectivity index (χ3n) is 2.04. The first-order valence-corrected chi connectivity index (χ1v) is 4.35. The molecule has 2 rings (SSSR count). The van der Waals surface area contributed by atoms with E-state index in [4.69, 9.17) is 0 Å². The number of aryl methyl sites for hydroxylation is 1. The summed E-state index contributed by atoms with van der Waals surface area (Å²) < 4.78 is 1.92. The minimum absolute atomic E-state index is 0.339. The summed E-state index contributed by atoms with van der Waals surface area (Å²) in [6, 6.07) is 0.339. The van der Waals surface area contributed by atoms with E-state index in [2.05, 4.69) is 28.9 Å². The smallest absolute Gasteiger partial charge is 0.161 e. The van der Waals surface area contributed by atoms with Gasteiger partial charge in [0.1, 0.15) is 6.33 Å². The molecule has 0 aliphatic heterocycles. The first-order chi connectivity index (χ1) is 6.20. The molecule has 13 heavy (non-hydrogen) atoms. The van der Waals surface area contributed by atoms with Gasteiger partial charge in [-0.3, -0.25) is 0 Å². The average molecular weight is 176 g/mol. The van der Waals surface area contributed by atoms with Gasteiger partial charge in [0.2, 0.25) is 0 Å².